The lowest BCUT2D eigenvalue weighted by molar-refractivity contribution is -0.134. The highest BCUT2D eigenvalue weighted by atomic mass is 16.4. The number of nitrogen functional groups attached to an aromatic ring is 1. The van der Waals surface area contributed by atoms with E-state index in [1.165, 1.54) is 0 Å². The molecule has 3 fully saturated rings. The van der Waals surface area contributed by atoms with Crippen LogP contribution in [-0.4, -0.2) is 70.1 Å². The quantitative estimate of drug-likeness (QED) is 0.499. The molecule has 0 atom stereocenters. The van der Waals surface area contributed by atoms with Gasteiger partial charge in [0.2, 0.25) is 0 Å². The van der Waals surface area contributed by atoms with Gasteiger partial charge in [0, 0.05) is 55.6 Å². The van der Waals surface area contributed by atoms with Crippen LogP contribution in [0.5, 0.6) is 0 Å². The zero-order valence-electron chi connectivity index (χ0n) is 16.9. The van der Waals surface area contributed by atoms with Crippen molar-refractivity contribution in [2.24, 2.45) is 0 Å². The first-order valence-electron chi connectivity index (χ1n) is 9.96. The van der Waals surface area contributed by atoms with Gasteiger partial charge in [-0.15, -0.1) is 0 Å². The Morgan fingerprint density at radius 3 is 2.26 bits per heavy atom. The van der Waals surface area contributed by atoms with Crippen LogP contribution >= 0.6 is 0 Å². The second kappa shape index (κ2) is 9.94. The summed E-state index contributed by atoms with van der Waals surface area (Å²) >= 11 is 0. The lowest BCUT2D eigenvalue weighted by Gasteiger charge is -2.30. The molecular weight excluding hydrogens is 402 g/mol. The Kier molecular flexibility index (Phi) is 7.09. The molecule has 9 nitrogen and oxygen atoms in total. The van der Waals surface area contributed by atoms with Crippen LogP contribution in [0.2, 0.25) is 0 Å². The first-order valence-corrected chi connectivity index (χ1v) is 9.96. The number of carbonyl (C=O) groups excluding carboxylic acids is 1. The van der Waals surface area contributed by atoms with Crippen molar-refractivity contribution in [2.75, 3.05) is 31.9 Å². The topological polar surface area (TPSA) is 137 Å². The zero-order chi connectivity index (χ0) is 22.4. The van der Waals surface area contributed by atoms with Gasteiger partial charge in [-0.3, -0.25) is 4.79 Å². The van der Waals surface area contributed by atoms with Gasteiger partial charge < -0.3 is 30.2 Å². The summed E-state index contributed by atoms with van der Waals surface area (Å²) in [6, 6.07) is 11.5. The molecule has 1 amide bonds. The molecule has 164 valence electrons. The van der Waals surface area contributed by atoms with Crippen molar-refractivity contribution >= 4 is 23.5 Å². The minimum atomic E-state index is -1.26. The fourth-order valence-electron chi connectivity index (χ4n) is 3.74. The number of benzene rings is 1. The molecular formula is C22H25N3O6. The predicted octanol–water partition coefficient (Wildman–Crippen LogP) is 2.16. The van der Waals surface area contributed by atoms with Gasteiger partial charge in [0.05, 0.1) is 0 Å². The standard InChI is InChI=1S/C18H21N3O2.C4H4O4/c19-14-3-1-2-13(12-14)16-4-5-17(23-16)18(22)21-11-10-20-8-6-15(21)7-9-20;5-3(6)1-2-4(7)8/h1-5,12,15H,6-11,19H2;1-2H,(H,5,6)(H,7,8)/b;2-1+. The van der Waals surface area contributed by atoms with E-state index in [1.54, 1.807) is 6.07 Å². The summed E-state index contributed by atoms with van der Waals surface area (Å²) in [5, 5.41) is 15.6. The Morgan fingerprint density at radius 1 is 0.968 bits per heavy atom. The maximum absolute atomic E-state index is 12.8. The minimum Gasteiger partial charge on any atom is -0.478 e. The van der Waals surface area contributed by atoms with Crippen LogP contribution in [-0.2, 0) is 9.59 Å². The van der Waals surface area contributed by atoms with Crippen LogP contribution in [0.15, 0.2) is 53.0 Å². The first-order chi connectivity index (χ1) is 14.8. The van der Waals surface area contributed by atoms with E-state index in [1.807, 2.05) is 35.2 Å². The van der Waals surface area contributed by atoms with Gasteiger partial charge in [-0.05, 0) is 37.1 Å². The van der Waals surface area contributed by atoms with E-state index >= 15 is 0 Å². The van der Waals surface area contributed by atoms with Crippen molar-refractivity contribution in [2.45, 2.75) is 18.9 Å². The summed E-state index contributed by atoms with van der Waals surface area (Å²) in [5.74, 6) is -1.40. The SMILES string of the molecule is Nc1cccc(-c2ccc(C(=O)N3CCN4CCC3CC4)o2)c1.O=C(O)/C=C/C(=O)O. The number of hydrogen-bond donors (Lipinski definition) is 3. The Morgan fingerprint density at radius 2 is 1.65 bits per heavy atom. The van der Waals surface area contributed by atoms with E-state index in [4.69, 9.17) is 20.4 Å². The van der Waals surface area contributed by atoms with Crippen molar-refractivity contribution in [3.05, 3.63) is 54.3 Å². The zero-order valence-corrected chi connectivity index (χ0v) is 16.9. The number of carboxylic acids is 2. The van der Waals surface area contributed by atoms with E-state index < -0.39 is 11.9 Å². The Labute approximate surface area is 179 Å². The summed E-state index contributed by atoms with van der Waals surface area (Å²) in [5.41, 5.74) is 7.40. The van der Waals surface area contributed by atoms with Crippen LogP contribution in [0.4, 0.5) is 5.69 Å². The van der Waals surface area contributed by atoms with E-state index in [2.05, 4.69) is 4.90 Å². The Hall–Kier alpha value is -3.59. The van der Waals surface area contributed by atoms with Crippen LogP contribution in [0, 0.1) is 0 Å². The van der Waals surface area contributed by atoms with Crippen molar-refractivity contribution in [1.29, 1.82) is 0 Å². The normalized spacial score (nSPS) is 20.1. The average molecular weight is 427 g/mol. The molecule has 31 heavy (non-hydrogen) atoms. The van der Waals surface area contributed by atoms with Crippen LogP contribution in [0.1, 0.15) is 23.4 Å². The van der Waals surface area contributed by atoms with E-state index in [0.717, 1.165) is 44.6 Å². The molecule has 0 radical (unpaired) electrons. The molecule has 0 spiro atoms. The molecule has 4 N–H and O–H groups in total. The summed E-state index contributed by atoms with van der Waals surface area (Å²) in [7, 11) is 0. The number of carbonyl (C=O) groups is 3. The minimum absolute atomic E-state index is 0.00824. The number of anilines is 1. The first kappa shape index (κ1) is 22.1. The van der Waals surface area contributed by atoms with E-state index in [0.29, 0.717) is 35.4 Å². The second-order valence-corrected chi connectivity index (χ2v) is 7.37. The lowest BCUT2D eigenvalue weighted by atomic mass is 10.1. The van der Waals surface area contributed by atoms with E-state index in [-0.39, 0.29) is 5.91 Å². The average Bonchev–Trinajstić information content (AvgIpc) is 3.05. The van der Waals surface area contributed by atoms with Gasteiger partial charge >= 0.3 is 11.9 Å². The van der Waals surface area contributed by atoms with Crippen molar-refractivity contribution < 1.29 is 29.0 Å². The number of hydrogen-bond acceptors (Lipinski definition) is 6. The molecule has 4 heterocycles. The molecule has 5 rings (SSSR count). The maximum Gasteiger partial charge on any atom is 0.328 e. The Balaban J connectivity index is 0.000000293. The molecule has 1 aromatic heterocycles. The van der Waals surface area contributed by atoms with Gasteiger partial charge in [0.1, 0.15) is 5.76 Å². The number of nitrogens with zero attached hydrogens (tertiary/aromatic N) is 2. The van der Waals surface area contributed by atoms with Gasteiger partial charge in [0.25, 0.3) is 5.91 Å². The monoisotopic (exact) mass is 427 g/mol. The third kappa shape index (κ3) is 5.95. The molecule has 0 aliphatic carbocycles. The molecule has 1 aromatic carbocycles. The molecule has 0 saturated carbocycles. The molecule has 2 aromatic rings. The summed E-state index contributed by atoms with van der Waals surface area (Å²) in [6.45, 7) is 3.95. The number of carboxylic acid groups (broad SMARTS) is 2. The van der Waals surface area contributed by atoms with Gasteiger partial charge in [-0.1, -0.05) is 12.1 Å². The summed E-state index contributed by atoms with van der Waals surface area (Å²) < 4.78 is 5.83. The number of fused-ring (bicyclic) bond motifs is 4. The van der Waals surface area contributed by atoms with Crippen molar-refractivity contribution in [3.8, 4) is 11.3 Å². The smallest absolute Gasteiger partial charge is 0.328 e. The summed E-state index contributed by atoms with van der Waals surface area (Å²) in [6.07, 6.45) is 3.24. The second-order valence-electron chi connectivity index (χ2n) is 7.37. The number of piperidine rings is 1. The predicted molar refractivity (Wildman–Crippen MR) is 113 cm³/mol. The molecule has 0 unspecified atom stereocenters. The number of rotatable bonds is 4. The highest BCUT2D eigenvalue weighted by molar-refractivity contribution is 5.92. The fraction of sp³-hybridized carbons (Fsp3) is 0.318. The largest absolute Gasteiger partial charge is 0.478 e. The number of furan rings is 1. The van der Waals surface area contributed by atoms with Crippen molar-refractivity contribution in [3.63, 3.8) is 0 Å². The fourth-order valence-corrected chi connectivity index (χ4v) is 3.74. The van der Waals surface area contributed by atoms with Crippen molar-refractivity contribution in [1.82, 2.24) is 9.80 Å². The van der Waals surface area contributed by atoms with Crippen LogP contribution in [0.3, 0.4) is 0 Å². The lowest BCUT2D eigenvalue weighted by Crippen LogP contribution is -2.41. The third-order valence-corrected chi connectivity index (χ3v) is 5.27. The van der Waals surface area contributed by atoms with Crippen LogP contribution < -0.4 is 5.73 Å². The van der Waals surface area contributed by atoms with Gasteiger partial charge in [0.15, 0.2) is 5.76 Å². The number of aliphatic carboxylic acids is 2. The molecule has 3 aliphatic heterocycles. The molecule has 2 bridgehead atoms. The number of nitrogens with two attached hydrogens (primary N) is 1. The van der Waals surface area contributed by atoms with Gasteiger partial charge in [-0.2, -0.15) is 0 Å². The highest BCUT2D eigenvalue weighted by Crippen LogP contribution is 2.27. The molecule has 3 aliphatic rings. The maximum atomic E-state index is 12.8. The Bertz CT molecular complexity index is 959. The van der Waals surface area contributed by atoms with Crippen LogP contribution in [0.25, 0.3) is 11.3 Å². The van der Waals surface area contributed by atoms with Gasteiger partial charge in [-0.25, -0.2) is 9.59 Å². The summed E-state index contributed by atoms with van der Waals surface area (Å²) in [4.78, 5) is 36.4. The third-order valence-electron chi connectivity index (χ3n) is 5.27. The molecule has 3 saturated heterocycles. The molecule has 9 heteroatoms. The highest BCUT2D eigenvalue weighted by Gasteiger charge is 2.33. The van der Waals surface area contributed by atoms with E-state index in [9.17, 15) is 14.4 Å². The number of amides is 1.